The summed E-state index contributed by atoms with van der Waals surface area (Å²) >= 11 is 16.4. The van der Waals surface area contributed by atoms with Crippen molar-refractivity contribution in [3.05, 3.63) is 0 Å². The van der Waals surface area contributed by atoms with Crippen molar-refractivity contribution in [1.29, 1.82) is 0 Å². The second kappa shape index (κ2) is 5.74. The Morgan fingerprint density at radius 2 is 2.00 bits per heavy atom. The minimum atomic E-state index is -1.89. The van der Waals surface area contributed by atoms with Gasteiger partial charge in [-0.25, -0.2) is 0 Å². The summed E-state index contributed by atoms with van der Waals surface area (Å²) in [5.41, 5.74) is 0.164. The molecule has 0 heterocycles. The van der Waals surface area contributed by atoms with Gasteiger partial charge in [0, 0.05) is 6.42 Å². The first-order valence-corrected chi connectivity index (χ1v) is 7.26. The number of hydrogen-bond acceptors (Lipinski definition) is 2. The number of alkyl halides is 3. The molecule has 106 valence electrons. The highest BCUT2D eigenvalue weighted by Gasteiger charge is 2.47. The molecular formula is C12H20Cl3NO2. The molecule has 1 aliphatic rings. The van der Waals surface area contributed by atoms with Crippen molar-refractivity contribution >= 4 is 40.7 Å². The Morgan fingerprint density at radius 3 is 2.39 bits per heavy atom. The fraction of sp³-hybridized carbons (Fsp3) is 0.917. The second-order valence-electron chi connectivity index (χ2n) is 5.57. The van der Waals surface area contributed by atoms with E-state index in [0.29, 0.717) is 18.3 Å². The van der Waals surface area contributed by atoms with Crippen molar-refractivity contribution in [2.24, 2.45) is 17.3 Å². The summed E-state index contributed by atoms with van der Waals surface area (Å²) in [6.45, 7) is 6.51. The van der Waals surface area contributed by atoms with E-state index in [1.165, 1.54) is 0 Å². The lowest BCUT2D eigenvalue weighted by Crippen LogP contribution is -2.49. The topological polar surface area (TPSA) is 49.3 Å². The minimum Gasteiger partial charge on any atom is -0.369 e. The summed E-state index contributed by atoms with van der Waals surface area (Å²) in [5, 5.41) is 11.8. The van der Waals surface area contributed by atoms with E-state index >= 15 is 0 Å². The number of rotatable bonds is 4. The molecule has 0 saturated heterocycles. The van der Waals surface area contributed by atoms with Crippen LogP contribution in [0, 0.1) is 17.3 Å². The van der Waals surface area contributed by atoms with Crippen molar-refractivity contribution in [2.45, 2.75) is 50.1 Å². The average Bonchev–Trinajstić information content (AvgIpc) is 2.22. The molecular weight excluding hydrogens is 296 g/mol. The molecule has 6 heteroatoms. The smallest absolute Gasteiger partial charge is 0.234 e. The highest BCUT2D eigenvalue weighted by molar-refractivity contribution is 6.68. The van der Waals surface area contributed by atoms with Gasteiger partial charge in [-0.3, -0.25) is 4.79 Å². The number of aliphatic hydroxyl groups excluding tert-OH is 1. The zero-order valence-electron chi connectivity index (χ0n) is 10.8. The van der Waals surface area contributed by atoms with E-state index in [1.807, 2.05) is 0 Å². The summed E-state index contributed by atoms with van der Waals surface area (Å²) in [7, 11) is 0. The quantitative estimate of drug-likeness (QED) is 0.618. The van der Waals surface area contributed by atoms with Gasteiger partial charge >= 0.3 is 0 Å². The van der Waals surface area contributed by atoms with Crippen LogP contribution in [0.2, 0.25) is 0 Å². The number of carbonyl (C=O) groups is 1. The molecule has 1 amide bonds. The van der Waals surface area contributed by atoms with Gasteiger partial charge in [0.2, 0.25) is 9.70 Å². The van der Waals surface area contributed by atoms with Crippen molar-refractivity contribution in [2.75, 3.05) is 0 Å². The maximum absolute atomic E-state index is 11.7. The lowest BCUT2D eigenvalue weighted by atomic mass is 9.53. The number of hydrogen-bond donors (Lipinski definition) is 2. The molecule has 1 aliphatic carbocycles. The van der Waals surface area contributed by atoms with E-state index in [0.717, 1.165) is 12.8 Å². The molecule has 0 aliphatic heterocycles. The monoisotopic (exact) mass is 315 g/mol. The molecule has 0 aromatic rings. The standard InChI is InChI=1S/C12H20Cl3NO2/c1-4-7-5-8(11(7,2)3)6-9(17)16-10(18)12(13,14)15/h7-8,10,18H,4-6H2,1-3H3,(H,16,17)/t7-,8-,10+/m0/s1. The molecule has 3 nitrogen and oxygen atoms in total. The largest absolute Gasteiger partial charge is 0.369 e. The van der Waals surface area contributed by atoms with Gasteiger partial charge in [0.1, 0.15) is 0 Å². The summed E-state index contributed by atoms with van der Waals surface area (Å²) in [5.74, 6) is 0.708. The maximum atomic E-state index is 11.7. The Labute approximate surface area is 123 Å². The molecule has 0 aromatic heterocycles. The highest BCUT2D eigenvalue weighted by Crippen LogP contribution is 2.54. The number of amides is 1. The van der Waals surface area contributed by atoms with E-state index < -0.39 is 10.0 Å². The fourth-order valence-electron chi connectivity index (χ4n) is 2.68. The molecule has 1 saturated carbocycles. The van der Waals surface area contributed by atoms with Crippen LogP contribution in [0.1, 0.15) is 40.0 Å². The maximum Gasteiger partial charge on any atom is 0.234 e. The first-order chi connectivity index (χ1) is 8.09. The van der Waals surface area contributed by atoms with Crippen molar-refractivity contribution in [1.82, 2.24) is 5.32 Å². The first kappa shape index (κ1) is 16.4. The van der Waals surface area contributed by atoms with Crippen LogP contribution in [0.15, 0.2) is 0 Å². The van der Waals surface area contributed by atoms with Crippen molar-refractivity contribution < 1.29 is 9.90 Å². The van der Waals surface area contributed by atoms with Crippen LogP contribution in [-0.2, 0) is 4.79 Å². The van der Waals surface area contributed by atoms with Crippen LogP contribution in [-0.4, -0.2) is 21.0 Å². The second-order valence-corrected chi connectivity index (χ2v) is 7.94. The summed E-state index contributed by atoms with van der Waals surface area (Å²) in [6.07, 6.45) is 1.06. The zero-order chi connectivity index (χ0) is 14.1. The lowest BCUT2D eigenvalue weighted by Gasteiger charge is -2.52. The molecule has 2 N–H and O–H groups in total. The number of aliphatic hydroxyl groups is 1. The normalized spacial score (nSPS) is 28.4. The van der Waals surface area contributed by atoms with E-state index in [9.17, 15) is 9.90 Å². The number of carbonyl (C=O) groups excluding carboxylic acids is 1. The minimum absolute atomic E-state index is 0.164. The Balaban J connectivity index is 2.44. The molecule has 0 radical (unpaired) electrons. The molecule has 0 aromatic carbocycles. The van der Waals surface area contributed by atoms with Gasteiger partial charge in [-0.15, -0.1) is 0 Å². The van der Waals surface area contributed by atoms with Gasteiger partial charge in [-0.1, -0.05) is 62.0 Å². The van der Waals surface area contributed by atoms with Gasteiger partial charge < -0.3 is 10.4 Å². The Bertz CT molecular complexity index is 315. The third kappa shape index (κ3) is 3.66. The van der Waals surface area contributed by atoms with Crippen LogP contribution in [0.3, 0.4) is 0 Å². The zero-order valence-corrected chi connectivity index (χ0v) is 13.1. The Hall–Kier alpha value is 0.300. The van der Waals surface area contributed by atoms with E-state index in [-0.39, 0.29) is 11.3 Å². The molecule has 18 heavy (non-hydrogen) atoms. The molecule has 0 bridgehead atoms. The predicted molar refractivity (Wildman–Crippen MR) is 74.7 cm³/mol. The third-order valence-electron chi connectivity index (χ3n) is 4.21. The average molecular weight is 317 g/mol. The van der Waals surface area contributed by atoms with Gasteiger partial charge in [-0.05, 0) is 23.7 Å². The third-order valence-corrected chi connectivity index (χ3v) is 4.83. The Morgan fingerprint density at radius 1 is 1.44 bits per heavy atom. The van der Waals surface area contributed by atoms with Crippen LogP contribution >= 0.6 is 34.8 Å². The van der Waals surface area contributed by atoms with Gasteiger partial charge in [0.05, 0.1) is 0 Å². The highest BCUT2D eigenvalue weighted by atomic mass is 35.6. The summed E-state index contributed by atoms with van der Waals surface area (Å²) < 4.78 is -1.89. The molecule has 0 unspecified atom stereocenters. The van der Waals surface area contributed by atoms with Gasteiger partial charge in [-0.2, -0.15) is 0 Å². The van der Waals surface area contributed by atoms with Crippen LogP contribution in [0.25, 0.3) is 0 Å². The SMILES string of the molecule is CC[C@H]1C[C@@H](CC(=O)N[C@H](O)C(Cl)(Cl)Cl)C1(C)C. The summed E-state index contributed by atoms with van der Waals surface area (Å²) in [6, 6.07) is 0. The number of nitrogens with one attached hydrogen (secondary N) is 1. The van der Waals surface area contributed by atoms with E-state index in [2.05, 4.69) is 26.1 Å². The van der Waals surface area contributed by atoms with Crippen molar-refractivity contribution in [3.63, 3.8) is 0 Å². The van der Waals surface area contributed by atoms with E-state index in [1.54, 1.807) is 0 Å². The predicted octanol–water partition coefficient (Wildman–Crippen LogP) is 3.25. The fourth-order valence-corrected chi connectivity index (χ4v) is 2.84. The lowest BCUT2D eigenvalue weighted by molar-refractivity contribution is -0.130. The van der Waals surface area contributed by atoms with Gasteiger partial charge in [0.15, 0.2) is 6.23 Å². The summed E-state index contributed by atoms with van der Waals surface area (Å²) in [4.78, 5) is 11.7. The molecule has 0 spiro atoms. The van der Waals surface area contributed by atoms with E-state index in [4.69, 9.17) is 34.8 Å². The van der Waals surface area contributed by atoms with Gasteiger partial charge in [0.25, 0.3) is 0 Å². The van der Waals surface area contributed by atoms with Crippen LogP contribution in [0.4, 0.5) is 0 Å². The molecule has 3 atom stereocenters. The molecule has 1 rings (SSSR count). The first-order valence-electron chi connectivity index (χ1n) is 6.13. The molecule has 1 fully saturated rings. The van der Waals surface area contributed by atoms with Crippen LogP contribution < -0.4 is 5.32 Å². The van der Waals surface area contributed by atoms with Crippen LogP contribution in [0.5, 0.6) is 0 Å². The van der Waals surface area contributed by atoms with Crippen molar-refractivity contribution in [3.8, 4) is 0 Å². The Kier molecular flexibility index (Phi) is 5.21. The number of halogens is 3.